The molecule has 2 aromatic carbocycles. The van der Waals surface area contributed by atoms with Crippen molar-refractivity contribution in [3.63, 3.8) is 0 Å². The Morgan fingerprint density at radius 3 is 2.26 bits per heavy atom. The molecule has 19 heavy (non-hydrogen) atoms. The van der Waals surface area contributed by atoms with Gasteiger partial charge in [-0.3, -0.25) is 0 Å². The first-order chi connectivity index (χ1) is 9.04. The minimum Gasteiger partial charge on any atom is -0.508 e. The molecule has 1 unspecified atom stereocenters. The zero-order valence-corrected chi connectivity index (χ0v) is 11.8. The van der Waals surface area contributed by atoms with Crippen molar-refractivity contribution in [3.8, 4) is 5.75 Å². The van der Waals surface area contributed by atoms with Crippen LogP contribution in [-0.2, 0) is 12.8 Å². The molecule has 0 aliphatic rings. The van der Waals surface area contributed by atoms with Crippen molar-refractivity contribution >= 4 is 23.2 Å². The third kappa shape index (κ3) is 4.13. The Balaban J connectivity index is 2.01. The molecule has 0 heterocycles. The highest BCUT2D eigenvalue weighted by atomic mass is 35.5. The molecule has 2 rings (SSSR count). The Morgan fingerprint density at radius 1 is 0.947 bits per heavy atom. The molecule has 4 heteroatoms. The molecule has 0 saturated carbocycles. The lowest BCUT2D eigenvalue weighted by Crippen LogP contribution is -2.25. The summed E-state index contributed by atoms with van der Waals surface area (Å²) in [6.45, 7) is 0. The summed E-state index contributed by atoms with van der Waals surface area (Å²) in [5, 5.41) is 10.5. The summed E-state index contributed by atoms with van der Waals surface area (Å²) in [7, 11) is 0. The minimum absolute atomic E-state index is 0.0287. The highest BCUT2D eigenvalue weighted by molar-refractivity contribution is 6.42. The maximum atomic E-state index is 9.41. The minimum atomic E-state index is -0.0287. The zero-order valence-electron chi connectivity index (χ0n) is 10.3. The fourth-order valence-electron chi connectivity index (χ4n) is 2.03. The maximum absolute atomic E-state index is 9.41. The van der Waals surface area contributed by atoms with Crippen LogP contribution in [0.4, 0.5) is 0 Å². The molecule has 0 fully saturated rings. The van der Waals surface area contributed by atoms with Crippen molar-refractivity contribution in [2.75, 3.05) is 0 Å². The summed E-state index contributed by atoms with van der Waals surface area (Å²) in [5.74, 6) is 0.263. The second kappa shape index (κ2) is 6.29. The van der Waals surface area contributed by atoms with E-state index in [1.807, 2.05) is 24.3 Å². The van der Waals surface area contributed by atoms with Crippen LogP contribution in [0.15, 0.2) is 42.5 Å². The van der Waals surface area contributed by atoms with E-state index in [4.69, 9.17) is 28.9 Å². The number of halogens is 2. The van der Waals surface area contributed by atoms with E-state index in [-0.39, 0.29) is 11.8 Å². The molecule has 0 amide bonds. The fourth-order valence-corrected chi connectivity index (χ4v) is 2.35. The molecule has 0 spiro atoms. The largest absolute Gasteiger partial charge is 0.508 e. The van der Waals surface area contributed by atoms with Crippen LogP contribution in [0.1, 0.15) is 11.1 Å². The van der Waals surface area contributed by atoms with Crippen molar-refractivity contribution in [3.05, 3.63) is 63.6 Å². The smallest absolute Gasteiger partial charge is 0.115 e. The molecule has 0 aliphatic heterocycles. The first-order valence-corrected chi connectivity index (χ1v) is 6.77. The number of benzene rings is 2. The van der Waals surface area contributed by atoms with Crippen molar-refractivity contribution in [2.45, 2.75) is 18.9 Å². The van der Waals surface area contributed by atoms with Gasteiger partial charge in [-0.05, 0) is 48.2 Å². The van der Waals surface area contributed by atoms with E-state index in [9.17, 15) is 5.11 Å². The lowest BCUT2D eigenvalue weighted by Gasteiger charge is -2.12. The fraction of sp³-hybridized carbons (Fsp3) is 0.200. The quantitative estimate of drug-likeness (QED) is 0.901. The summed E-state index contributed by atoms with van der Waals surface area (Å²) in [5.41, 5.74) is 8.20. The van der Waals surface area contributed by atoms with Gasteiger partial charge in [-0.2, -0.15) is 0 Å². The van der Waals surface area contributed by atoms with Crippen molar-refractivity contribution in [1.29, 1.82) is 0 Å². The number of nitrogens with two attached hydrogens (primary N) is 1. The summed E-state index contributed by atoms with van der Waals surface area (Å²) < 4.78 is 0. The summed E-state index contributed by atoms with van der Waals surface area (Å²) >= 11 is 11.8. The van der Waals surface area contributed by atoms with Crippen LogP contribution in [0, 0.1) is 0 Å². The molecule has 1 atom stereocenters. The highest BCUT2D eigenvalue weighted by Crippen LogP contribution is 2.23. The van der Waals surface area contributed by atoms with Crippen LogP contribution in [-0.4, -0.2) is 11.1 Å². The third-order valence-electron chi connectivity index (χ3n) is 2.89. The molecule has 3 N–H and O–H groups in total. The molecular formula is C15H15Cl2NO. The van der Waals surface area contributed by atoms with Crippen molar-refractivity contribution in [2.24, 2.45) is 5.73 Å². The molecule has 0 saturated heterocycles. The number of hydrogen-bond donors (Lipinski definition) is 2. The van der Waals surface area contributed by atoms with E-state index >= 15 is 0 Å². The Kier molecular flexibility index (Phi) is 4.70. The van der Waals surface area contributed by atoms with E-state index in [0.29, 0.717) is 22.9 Å². The summed E-state index contributed by atoms with van der Waals surface area (Å²) in [6.07, 6.45) is 1.42. The topological polar surface area (TPSA) is 46.2 Å². The third-order valence-corrected chi connectivity index (χ3v) is 3.63. The summed E-state index contributed by atoms with van der Waals surface area (Å²) in [6, 6.07) is 12.7. The monoisotopic (exact) mass is 295 g/mol. The van der Waals surface area contributed by atoms with Crippen LogP contribution in [0.25, 0.3) is 0 Å². The Hall–Kier alpha value is -1.22. The summed E-state index contributed by atoms with van der Waals surface area (Å²) in [4.78, 5) is 0. The average Bonchev–Trinajstić information content (AvgIpc) is 2.34. The number of phenolic OH excluding ortho intramolecular Hbond substituents is 1. The van der Waals surface area contributed by atoms with Crippen LogP contribution in [0.2, 0.25) is 10.0 Å². The van der Waals surface area contributed by atoms with Crippen LogP contribution in [0.3, 0.4) is 0 Å². The van der Waals surface area contributed by atoms with E-state index < -0.39 is 0 Å². The van der Waals surface area contributed by atoms with Gasteiger partial charge in [0.2, 0.25) is 0 Å². The Labute approximate surface area is 122 Å². The van der Waals surface area contributed by atoms with Crippen LogP contribution in [0.5, 0.6) is 5.75 Å². The van der Waals surface area contributed by atoms with Crippen LogP contribution < -0.4 is 5.73 Å². The van der Waals surface area contributed by atoms with Gasteiger partial charge in [0, 0.05) is 6.04 Å². The standard InChI is InChI=1S/C15H15Cl2NO/c16-14-5-4-11(9-15(14)17)7-12(18)6-10-2-1-3-13(19)8-10/h1-5,8-9,12,19H,6-7,18H2. The SMILES string of the molecule is NC(Cc1cccc(O)c1)Cc1ccc(Cl)c(Cl)c1. The van der Waals surface area contributed by atoms with Gasteiger partial charge in [0.1, 0.15) is 5.75 Å². The number of rotatable bonds is 4. The van der Waals surface area contributed by atoms with Gasteiger partial charge in [0.25, 0.3) is 0 Å². The molecule has 2 aromatic rings. The van der Waals surface area contributed by atoms with Gasteiger partial charge in [-0.25, -0.2) is 0 Å². The number of phenols is 1. The first kappa shape index (κ1) is 14.2. The molecule has 0 aliphatic carbocycles. The molecule has 2 nitrogen and oxygen atoms in total. The van der Waals surface area contributed by atoms with Crippen molar-refractivity contribution < 1.29 is 5.11 Å². The molecule has 0 bridgehead atoms. The molecule has 100 valence electrons. The average molecular weight is 296 g/mol. The normalized spacial score (nSPS) is 12.4. The van der Waals surface area contributed by atoms with Gasteiger partial charge < -0.3 is 10.8 Å². The molecule has 0 aromatic heterocycles. The second-order valence-corrected chi connectivity index (χ2v) is 5.40. The molecular weight excluding hydrogens is 281 g/mol. The predicted molar refractivity (Wildman–Crippen MR) is 80.0 cm³/mol. The number of aromatic hydroxyl groups is 1. The van der Waals surface area contributed by atoms with Gasteiger partial charge in [0.15, 0.2) is 0 Å². The van der Waals surface area contributed by atoms with E-state index in [1.54, 1.807) is 18.2 Å². The predicted octanol–water partition coefficient (Wildman–Crippen LogP) is 3.81. The lowest BCUT2D eigenvalue weighted by atomic mass is 10.00. The van der Waals surface area contributed by atoms with Crippen molar-refractivity contribution in [1.82, 2.24) is 0 Å². The first-order valence-electron chi connectivity index (χ1n) is 6.02. The van der Waals surface area contributed by atoms with Gasteiger partial charge in [-0.1, -0.05) is 41.4 Å². The van der Waals surface area contributed by atoms with E-state index in [1.165, 1.54) is 0 Å². The van der Waals surface area contributed by atoms with Crippen LogP contribution >= 0.6 is 23.2 Å². The van der Waals surface area contributed by atoms with Gasteiger partial charge >= 0.3 is 0 Å². The van der Waals surface area contributed by atoms with Gasteiger partial charge in [0.05, 0.1) is 10.0 Å². The molecule has 0 radical (unpaired) electrons. The highest BCUT2D eigenvalue weighted by Gasteiger charge is 2.07. The van der Waals surface area contributed by atoms with Gasteiger partial charge in [-0.15, -0.1) is 0 Å². The lowest BCUT2D eigenvalue weighted by molar-refractivity contribution is 0.474. The van der Waals surface area contributed by atoms with E-state index in [2.05, 4.69) is 0 Å². The Morgan fingerprint density at radius 2 is 1.63 bits per heavy atom. The maximum Gasteiger partial charge on any atom is 0.115 e. The zero-order chi connectivity index (χ0) is 13.8. The van der Waals surface area contributed by atoms with E-state index in [0.717, 1.165) is 11.1 Å². The second-order valence-electron chi connectivity index (χ2n) is 4.59. The Bertz CT molecular complexity index is 572. The number of hydrogen-bond acceptors (Lipinski definition) is 2.